The number of rotatable bonds is 10. The van der Waals surface area contributed by atoms with Crippen LogP contribution in [0, 0.1) is 0 Å². The van der Waals surface area contributed by atoms with E-state index in [-0.39, 0.29) is 17.0 Å². The van der Waals surface area contributed by atoms with Gasteiger partial charge in [0.05, 0.1) is 17.5 Å². The molecule has 2 aromatic rings. The van der Waals surface area contributed by atoms with Crippen molar-refractivity contribution in [2.75, 3.05) is 31.7 Å². The fourth-order valence-corrected chi connectivity index (χ4v) is 2.30. The molecule has 10 heteroatoms. The summed E-state index contributed by atoms with van der Waals surface area (Å²) in [6, 6.07) is 8.48. The van der Waals surface area contributed by atoms with Crippen molar-refractivity contribution in [1.29, 1.82) is 0 Å². The summed E-state index contributed by atoms with van der Waals surface area (Å²) < 4.78 is 15.1. The topological polar surface area (TPSA) is 136 Å². The van der Waals surface area contributed by atoms with E-state index >= 15 is 0 Å². The third-order valence-electron chi connectivity index (χ3n) is 3.68. The van der Waals surface area contributed by atoms with Gasteiger partial charge in [0.25, 0.3) is 11.8 Å². The second kappa shape index (κ2) is 12.0. The second-order valence-corrected chi connectivity index (χ2v) is 5.91. The summed E-state index contributed by atoms with van der Waals surface area (Å²) in [5.41, 5.74) is 0.238. The summed E-state index contributed by atoms with van der Waals surface area (Å²) in [7, 11) is 0. The fraction of sp³-hybridized carbons (Fsp3) is 0.300. The number of amides is 4. The number of furan rings is 1. The molecule has 160 valence electrons. The van der Waals surface area contributed by atoms with Crippen molar-refractivity contribution in [2.24, 2.45) is 0 Å². The second-order valence-electron chi connectivity index (χ2n) is 5.91. The molecule has 4 amide bonds. The van der Waals surface area contributed by atoms with E-state index in [0.29, 0.717) is 26.2 Å². The molecule has 1 aromatic heterocycles. The molecule has 2 rings (SSSR count). The quantitative estimate of drug-likeness (QED) is 0.397. The van der Waals surface area contributed by atoms with Gasteiger partial charge in [0.2, 0.25) is 0 Å². The highest BCUT2D eigenvalue weighted by Gasteiger charge is 2.18. The molecular weight excluding hydrogens is 394 g/mol. The molecule has 0 bridgehead atoms. The standard InChI is InChI=1S/C20H23N3O7/c1-2-28-11-6-10-21-20(27)23-17(24)13-30-19(26)14-7-3-4-8-15(14)22-18(25)16-9-5-12-29-16/h3-5,7-9,12H,2,6,10-11,13H2,1H3,(H,22,25)(H2,21,23,24,27). The SMILES string of the molecule is CCOCCCNC(=O)NC(=O)COC(=O)c1ccccc1NC(=O)c1ccco1. The van der Waals surface area contributed by atoms with Gasteiger partial charge in [-0.15, -0.1) is 0 Å². The summed E-state index contributed by atoms with van der Waals surface area (Å²) in [4.78, 5) is 47.8. The minimum Gasteiger partial charge on any atom is -0.459 e. The van der Waals surface area contributed by atoms with Crippen molar-refractivity contribution in [2.45, 2.75) is 13.3 Å². The Bertz CT molecular complexity index is 865. The highest BCUT2D eigenvalue weighted by Crippen LogP contribution is 2.17. The molecule has 0 aliphatic heterocycles. The van der Waals surface area contributed by atoms with Crippen LogP contribution in [0.15, 0.2) is 47.1 Å². The number of para-hydroxylation sites is 1. The van der Waals surface area contributed by atoms with Crippen molar-refractivity contribution < 1.29 is 33.1 Å². The average Bonchev–Trinajstić information content (AvgIpc) is 3.27. The molecule has 0 spiro atoms. The maximum absolute atomic E-state index is 12.3. The number of nitrogens with one attached hydrogen (secondary N) is 3. The third kappa shape index (κ3) is 7.40. The number of hydrogen-bond donors (Lipinski definition) is 3. The van der Waals surface area contributed by atoms with Crippen molar-refractivity contribution in [3.8, 4) is 0 Å². The molecule has 0 saturated heterocycles. The molecule has 0 unspecified atom stereocenters. The maximum Gasteiger partial charge on any atom is 0.340 e. The Labute approximate surface area is 172 Å². The Kier molecular flexibility index (Phi) is 9.07. The van der Waals surface area contributed by atoms with Crippen LogP contribution in [0.3, 0.4) is 0 Å². The minimum absolute atomic E-state index is 0.0468. The van der Waals surface area contributed by atoms with E-state index in [1.807, 2.05) is 6.92 Å². The normalized spacial score (nSPS) is 10.2. The number of urea groups is 1. The lowest BCUT2D eigenvalue weighted by atomic mass is 10.1. The summed E-state index contributed by atoms with van der Waals surface area (Å²) in [6.45, 7) is 2.63. The van der Waals surface area contributed by atoms with E-state index in [1.54, 1.807) is 18.2 Å². The molecule has 30 heavy (non-hydrogen) atoms. The van der Waals surface area contributed by atoms with Crippen LogP contribution in [0.5, 0.6) is 0 Å². The smallest absolute Gasteiger partial charge is 0.340 e. The number of ether oxygens (including phenoxy) is 2. The summed E-state index contributed by atoms with van der Waals surface area (Å²) in [5, 5.41) is 7.08. The van der Waals surface area contributed by atoms with E-state index in [9.17, 15) is 19.2 Å². The van der Waals surface area contributed by atoms with Gasteiger partial charge in [-0.05, 0) is 37.6 Å². The lowest BCUT2D eigenvalue weighted by Gasteiger charge is -2.10. The number of esters is 1. The Hall–Kier alpha value is -3.66. The number of carbonyl (C=O) groups excluding carboxylic acids is 4. The lowest BCUT2D eigenvalue weighted by Crippen LogP contribution is -2.42. The maximum atomic E-state index is 12.3. The molecule has 0 radical (unpaired) electrons. The first-order chi connectivity index (χ1) is 14.5. The van der Waals surface area contributed by atoms with Crippen molar-refractivity contribution in [3.05, 3.63) is 54.0 Å². The van der Waals surface area contributed by atoms with Crippen LogP contribution in [0.2, 0.25) is 0 Å². The third-order valence-corrected chi connectivity index (χ3v) is 3.68. The van der Waals surface area contributed by atoms with Crippen LogP contribution in [-0.2, 0) is 14.3 Å². The Balaban J connectivity index is 1.81. The number of benzene rings is 1. The Morgan fingerprint density at radius 3 is 2.60 bits per heavy atom. The first kappa shape index (κ1) is 22.6. The molecule has 10 nitrogen and oxygen atoms in total. The number of carbonyl (C=O) groups is 4. The molecule has 1 aromatic carbocycles. The predicted octanol–water partition coefficient (Wildman–Crippen LogP) is 1.94. The molecule has 0 aliphatic carbocycles. The highest BCUT2D eigenvalue weighted by molar-refractivity contribution is 6.07. The van der Waals surface area contributed by atoms with Crippen LogP contribution < -0.4 is 16.0 Å². The molecule has 0 saturated carbocycles. The van der Waals surface area contributed by atoms with Gasteiger partial charge in [-0.2, -0.15) is 0 Å². The molecule has 0 atom stereocenters. The molecular formula is C20H23N3O7. The van der Waals surface area contributed by atoms with Gasteiger partial charge in [-0.3, -0.25) is 14.9 Å². The predicted molar refractivity (Wildman–Crippen MR) is 106 cm³/mol. The number of imide groups is 1. The van der Waals surface area contributed by atoms with E-state index in [0.717, 1.165) is 0 Å². The highest BCUT2D eigenvalue weighted by atomic mass is 16.5. The largest absolute Gasteiger partial charge is 0.459 e. The molecule has 3 N–H and O–H groups in total. The summed E-state index contributed by atoms with van der Waals surface area (Å²) >= 11 is 0. The van der Waals surface area contributed by atoms with Crippen LogP contribution in [0.1, 0.15) is 34.3 Å². The zero-order valence-electron chi connectivity index (χ0n) is 16.4. The van der Waals surface area contributed by atoms with E-state index in [4.69, 9.17) is 13.9 Å². The van der Waals surface area contributed by atoms with Crippen LogP contribution >= 0.6 is 0 Å². The first-order valence-electron chi connectivity index (χ1n) is 9.27. The fourth-order valence-electron chi connectivity index (χ4n) is 2.30. The van der Waals surface area contributed by atoms with Gasteiger partial charge in [0, 0.05) is 19.8 Å². The van der Waals surface area contributed by atoms with Crippen LogP contribution in [0.25, 0.3) is 0 Å². The zero-order valence-corrected chi connectivity index (χ0v) is 16.4. The van der Waals surface area contributed by atoms with Gasteiger partial charge in [-0.1, -0.05) is 12.1 Å². The van der Waals surface area contributed by atoms with Gasteiger partial charge >= 0.3 is 12.0 Å². The first-order valence-corrected chi connectivity index (χ1v) is 9.27. The van der Waals surface area contributed by atoms with E-state index in [2.05, 4.69) is 16.0 Å². The Morgan fingerprint density at radius 1 is 1.07 bits per heavy atom. The zero-order chi connectivity index (χ0) is 21.8. The van der Waals surface area contributed by atoms with E-state index < -0.39 is 30.4 Å². The van der Waals surface area contributed by atoms with Crippen molar-refractivity contribution in [1.82, 2.24) is 10.6 Å². The molecule has 0 fully saturated rings. The average molecular weight is 417 g/mol. The number of anilines is 1. The summed E-state index contributed by atoms with van der Waals surface area (Å²) in [5.74, 6) is -2.09. The van der Waals surface area contributed by atoms with Crippen LogP contribution in [-0.4, -0.2) is 50.2 Å². The van der Waals surface area contributed by atoms with Gasteiger partial charge < -0.3 is 24.5 Å². The van der Waals surface area contributed by atoms with Crippen molar-refractivity contribution in [3.63, 3.8) is 0 Å². The van der Waals surface area contributed by atoms with Crippen molar-refractivity contribution >= 4 is 29.5 Å². The number of hydrogen-bond acceptors (Lipinski definition) is 7. The van der Waals surface area contributed by atoms with Gasteiger partial charge in [0.1, 0.15) is 0 Å². The monoisotopic (exact) mass is 417 g/mol. The van der Waals surface area contributed by atoms with Crippen LogP contribution in [0.4, 0.5) is 10.5 Å². The summed E-state index contributed by atoms with van der Waals surface area (Å²) in [6.07, 6.45) is 1.95. The van der Waals surface area contributed by atoms with Gasteiger partial charge in [-0.25, -0.2) is 9.59 Å². The van der Waals surface area contributed by atoms with E-state index in [1.165, 1.54) is 24.5 Å². The lowest BCUT2D eigenvalue weighted by molar-refractivity contribution is -0.123. The molecule has 1 heterocycles. The molecule has 0 aliphatic rings. The Morgan fingerprint density at radius 2 is 1.87 bits per heavy atom. The van der Waals surface area contributed by atoms with Gasteiger partial charge in [0.15, 0.2) is 12.4 Å². The minimum atomic E-state index is -0.836.